The summed E-state index contributed by atoms with van der Waals surface area (Å²) >= 11 is 0. The van der Waals surface area contributed by atoms with Crippen molar-refractivity contribution in [3.05, 3.63) is 36.2 Å². The molecule has 1 saturated carbocycles. The molecule has 2 heterocycles. The van der Waals surface area contributed by atoms with Gasteiger partial charge in [0.1, 0.15) is 0 Å². The maximum atomic E-state index is 11.8. The van der Waals surface area contributed by atoms with Gasteiger partial charge in [-0.15, -0.1) is 0 Å². The molecule has 106 valence electrons. The Balaban J connectivity index is 1.39. The maximum absolute atomic E-state index is 11.8. The van der Waals surface area contributed by atoms with E-state index >= 15 is 0 Å². The summed E-state index contributed by atoms with van der Waals surface area (Å²) in [6.45, 7) is 0.570. The van der Waals surface area contributed by atoms with Gasteiger partial charge in [0.2, 0.25) is 5.91 Å². The largest absolute Gasteiger partial charge is 0.350 e. The summed E-state index contributed by atoms with van der Waals surface area (Å²) in [7, 11) is 0. The SMILES string of the molecule is O=C(CCCc1cn[nH]c1)NCc1cncn1C1CC1. The van der Waals surface area contributed by atoms with Gasteiger partial charge in [-0.2, -0.15) is 5.10 Å². The van der Waals surface area contributed by atoms with Gasteiger partial charge in [0, 0.05) is 24.9 Å². The fourth-order valence-electron chi connectivity index (χ4n) is 2.30. The third kappa shape index (κ3) is 3.26. The summed E-state index contributed by atoms with van der Waals surface area (Å²) in [6, 6.07) is 0.602. The first kappa shape index (κ1) is 12.9. The standard InChI is InChI=1S/C14H19N5O/c20-14(3-1-2-11-6-17-18-7-11)16-9-13-8-15-10-19(13)12-4-5-12/h6-8,10,12H,1-5,9H2,(H,16,20)(H,17,18). The predicted octanol–water partition coefficient (Wildman–Crippen LogP) is 1.58. The number of hydrogen-bond donors (Lipinski definition) is 2. The number of aromatic nitrogens is 4. The zero-order valence-corrected chi connectivity index (χ0v) is 11.4. The van der Waals surface area contributed by atoms with E-state index in [4.69, 9.17) is 0 Å². The van der Waals surface area contributed by atoms with E-state index < -0.39 is 0 Å². The number of amides is 1. The number of nitrogens with zero attached hydrogens (tertiary/aromatic N) is 3. The van der Waals surface area contributed by atoms with Crippen LogP contribution in [0, 0.1) is 0 Å². The van der Waals surface area contributed by atoms with Crippen molar-refractivity contribution in [3.8, 4) is 0 Å². The van der Waals surface area contributed by atoms with Crippen LogP contribution in [0.25, 0.3) is 0 Å². The number of H-pyrrole nitrogens is 1. The molecule has 1 amide bonds. The van der Waals surface area contributed by atoms with Crippen LogP contribution in [0.1, 0.15) is 43.0 Å². The smallest absolute Gasteiger partial charge is 0.220 e. The van der Waals surface area contributed by atoms with E-state index in [-0.39, 0.29) is 5.91 Å². The Morgan fingerprint density at radius 3 is 3.10 bits per heavy atom. The van der Waals surface area contributed by atoms with E-state index in [0.717, 1.165) is 24.1 Å². The third-order valence-electron chi connectivity index (χ3n) is 3.58. The molecule has 1 fully saturated rings. The average Bonchev–Trinajstić information content (AvgIpc) is 2.98. The molecule has 2 aromatic heterocycles. The van der Waals surface area contributed by atoms with E-state index in [2.05, 4.69) is 25.1 Å². The second-order valence-corrected chi connectivity index (χ2v) is 5.26. The van der Waals surface area contributed by atoms with Crippen LogP contribution in [0.15, 0.2) is 24.9 Å². The quantitative estimate of drug-likeness (QED) is 0.804. The predicted molar refractivity (Wildman–Crippen MR) is 73.9 cm³/mol. The van der Waals surface area contributed by atoms with Crippen molar-refractivity contribution in [2.24, 2.45) is 0 Å². The van der Waals surface area contributed by atoms with Gasteiger partial charge in [-0.1, -0.05) is 0 Å². The minimum Gasteiger partial charge on any atom is -0.350 e. The zero-order valence-electron chi connectivity index (χ0n) is 11.4. The number of aromatic amines is 1. The lowest BCUT2D eigenvalue weighted by atomic mass is 10.1. The molecular formula is C14H19N5O. The molecule has 0 saturated heterocycles. The van der Waals surface area contributed by atoms with Crippen LogP contribution in [0.2, 0.25) is 0 Å². The molecule has 0 atom stereocenters. The van der Waals surface area contributed by atoms with Gasteiger partial charge in [0.25, 0.3) is 0 Å². The minimum absolute atomic E-state index is 0.0945. The van der Waals surface area contributed by atoms with Crippen LogP contribution in [0.3, 0.4) is 0 Å². The van der Waals surface area contributed by atoms with Gasteiger partial charge in [0.15, 0.2) is 0 Å². The molecule has 1 aliphatic carbocycles. The lowest BCUT2D eigenvalue weighted by Gasteiger charge is -2.08. The Bertz CT molecular complexity index is 556. The minimum atomic E-state index is 0.0945. The number of rotatable bonds is 7. The molecule has 1 aliphatic rings. The molecule has 2 aromatic rings. The summed E-state index contributed by atoms with van der Waals surface area (Å²) in [5, 5.41) is 9.63. The normalized spacial score (nSPS) is 14.4. The lowest BCUT2D eigenvalue weighted by molar-refractivity contribution is -0.121. The van der Waals surface area contributed by atoms with Crippen molar-refractivity contribution >= 4 is 5.91 Å². The van der Waals surface area contributed by atoms with Crippen molar-refractivity contribution in [2.75, 3.05) is 0 Å². The maximum Gasteiger partial charge on any atom is 0.220 e. The second-order valence-electron chi connectivity index (χ2n) is 5.26. The highest BCUT2D eigenvalue weighted by molar-refractivity contribution is 5.75. The first-order valence-electron chi connectivity index (χ1n) is 7.08. The Morgan fingerprint density at radius 2 is 2.35 bits per heavy atom. The van der Waals surface area contributed by atoms with Crippen molar-refractivity contribution in [3.63, 3.8) is 0 Å². The van der Waals surface area contributed by atoms with E-state index in [0.29, 0.717) is 19.0 Å². The monoisotopic (exact) mass is 273 g/mol. The summed E-state index contributed by atoms with van der Waals surface area (Å²) in [5.41, 5.74) is 2.24. The van der Waals surface area contributed by atoms with E-state index in [1.54, 1.807) is 6.20 Å². The van der Waals surface area contributed by atoms with Crippen LogP contribution < -0.4 is 5.32 Å². The highest BCUT2D eigenvalue weighted by Gasteiger charge is 2.25. The van der Waals surface area contributed by atoms with Gasteiger partial charge in [-0.3, -0.25) is 9.89 Å². The van der Waals surface area contributed by atoms with Crippen LogP contribution in [-0.2, 0) is 17.8 Å². The number of carbonyl (C=O) groups excluding carboxylic acids is 1. The van der Waals surface area contributed by atoms with Gasteiger partial charge < -0.3 is 9.88 Å². The van der Waals surface area contributed by atoms with Crippen molar-refractivity contribution in [1.82, 2.24) is 25.1 Å². The number of carbonyl (C=O) groups is 1. The molecule has 20 heavy (non-hydrogen) atoms. The first-order chi connectivity index (χ1) is 9.83. The van der Waals surface area contributed by atoms with Crippen LogP contribution >= 0.6 is 0 Å². The van der Waals surface area contributed by atoms with Crippen molar-refractivity contribution in [1.29, 1.82) is 0 Å². The Labute approximate surface area is 117 Å². The van der Waals surface area contributed by atoms with Crippen LogP contribution in [-0.4, -0.2) is 25.7 Å². The highest BCUT2D eigenvalue weighted by Crippen LogP contribution is 2.35. The molecule has 2 N–H and O–H groups in total. The number of aryl methyl sites for hydroxylation is 1. The number of imidazole rings is 1. The zero-order chi connectivity index (χ0) is 13.8. The summed E-state index contributed by atoms with van der Waals surface area (Å²) in [4.78, 5) is 16.0. The molecule has 3 rings (SSSR count). The molecular weight excluding hydrogens is 254 g/mol. The third-order valence-corrected chi connectivity index (χ3v) is 3.58. The summed E-state index contributed by atoms with van der Waals surface area (Å²) in [6.07, 6.45) is 12.1. The molecule has 0 radical (unpaired) electrons. The fourth-order valence-corrected chi connectivity index (χ4v) is 2.30. The van der Waals surface area contributed by atoms with Crippen LogP contribution in [0.4, 0.5) is 0 Å². The fraction of sp³-hybridized carbons (Fsp3) is 0.500. The van der Waals surface area contributed by atoms with Gasteiger partial charge >= 0.3 is 0 Å². The van der Waals surface area contributed by atoms with E-state index in [1.165, 1.54) is 12.8 Å². The lowest BCUT2D eigenvalue weighted by Crippen LogP contribution is -2.23. The highest BCUT2D eigenvalue weighted by atomic mass is 16.1. The number of hydrogen-bond acceptors (Lipinski definition) is 3. The Morgan fingerprint density at radius 1 is 1.45 bits per heavy atom. The Hall–Kier alpha value is -2.11. The molecule has 6 nitrogen and oxygen atoms in total. The van der Waals surface area contributed by atoms with Crippen molar-refractivity contribution in [2.45, 2.75) is 44.7 Å². The van der Waals surface area contributed by atoms with Gasteiger partial charge in [-0.05, 0) is 31.2 Å². The van der Waals surface area contributed by atoms with Crippen LogP contribution in [0.5, 0.6) is 0 Å². The molecule has 0 unspecified atom stereocenters. The van der Waals surface area contributed by atoms with Gasteiger partial charge in [-0.25, -0.2) is 4.98 Å². The molecule has 0 bridgehead atoms. The number of nitrogens with one attached hydrogen (secondary N) is 2. The van der Waals surface area contributed by atoms with E-state index in [1.807, 2.05) is 18.7 Å². The van der Waals surface area contributed by atoms with E-state index in [9.17, 15) is 4.79 Å². The Kier molecular flexibility index (Phi) is 3.80. The molecule has 0 spiro atoms. The summed E-state index contributed by atoms with van der Waals surface area (Å²) in [5.74, 6) is 0.0945. The van der Waals surface area contributed by atoms with Gasteiger partial charge in [0.05, 0.1) is 24.8 Å². The molecule has 0 aromatic carbocycles. The average molecular weight is 273 g/mol. The second kappa shape index (κ2) is 5.90. The first-order valence-corrected chi connectivity index (χ1v) is 7.08. The van der Waals surface area contributed by atoms with Crippen molar-refractivity contribution < 1.29 is 4.79 Å². The molecule has 6 heteroatoms. The topological polar surface area (TPSA) is 75.6 Å². The summed E-state index contributed by atoms with van der Waals surface area (Å²) < 4.78 is 2.17. The molecule has 0 aliphatic heterocycles.